The van der Waals surface area contributed by atoms with E-state index in [1.165, 1.54) is 16.8 Å². The summed E-state index contributed by atoms with van der Waals surface area (Å²) >= 11 is 0. The number of hydrogen-bond acceptors (Lipinski definition) is 4. The van der Waals surface area contributed by atoms with Gasteiger partial charge in [-0.1, -0.05) is 6.07 Å². The second-order valence-electron chi connectivity index (χ2n) is 4.98. The molecule has 0 heterocycles. The average molecular weight is 280 g/mol. The van der Waals surface area contributed by atoms with Gasteiger partial charge in [0.2, 0.25) is 0 Å². The van der Waals surface area contributed by atoms with E-state index in [4.69, 9.17) is 15.2 Å². The number of anilines is 1. The Kier molecular flexibility index (Phi) is 8.26. The molecule has 0 aliphatic heterocycles. The maximum atomic E-state index is 5.63. The Morgan fingerprint density at radius 1 is 1.10 bits per heavy atom. The van der Waals surface area contributed by atoms with Crippen LogP contribution in [0.4, 0.5) is 5.69 Å². The van der Waals surface area contributed by atoms with Crippen LogP contribution in [-0.4, -0.2) is 47.1 Å². The van der Waals surface area contributed by atoms with Gasteiger partial charge in [0.1, 0.15) is 0 Å². The maximum absolute atomic E-state index is 5.63. The average Bonchev–Trinajstić information content (AvgIpc) is 2.45. The molecule has 114 valence electrons. The predicted octanol–water partition coefficient (Wildman–Crippen LogP) is 1.99. The number of hydrogen-bond donors (Lipinski definition) is 1. The van der Waals surface area contributed by atoms with Gasteiger partial charge in [0, 0.05) is 39.6 Å². The lowest BCUT2D eigenvalue weighted by molar-refractivity contribution is 0.191. The van der Waals surface area contributed by atoms with E-state index < -0.39 is 0 Å². The highest BCUT2D eigenvalue weighted by molar-refractivity contribution is 5.51. The van der Waals surface area contributed by atoms with Gasteiger partial charge in [0.05, 0.1) is 6.61 Å². The van der Waals surface area contributed by atoms with Crippen LogP contribution in [0, 0.1) is 6.92 Å². The third kappa shape index (κ3) is 5.49. The molecule has 4 heteroatoms. The SMILES string of the molecule is COCCCN(CCOC)c1ccc(CCN)c(C)c1. The molecule has 0 fully saturated rings. The van der Waals surface area contributed by atoms with Gasteiger partial charge >= 0.3 is 0 Å². The molecule has 0 aliphatic rings. The number of benzene rings is 1. The molecule has 0 aliphatic carbocycles. The van der Waals surface area contributed by atoms with E-state index >= 15 is 0 Å². The first-order valence-corrected chi connectivity index (χ1v) is 7.25. The number of nitrogens with zero attached hydrogens (tertiary/aromatic N) is 1. The lowest BCUT2D eigenvalue weighted by Crippen LogP contribution is -2.29. The minimum Gasteiger partial charge on any atom is -0.385 e. The molecule has 0 aromatic heterocycles. The second kappa shape index (κ2) is 9.75. The van der Waals surface area contributed by atoms with Crippen molar-refractivity contribution in [1.29, 1.82) is 0 Å². The molecule has 0 radical (unpaired) electrons. The monoisotopic (exact) mass is 280 g/mol. The van der Waals surface area contributed by atoms with E-state index in [-0.39, 0.29) is 0 Å². The van der Waals surface area contributed by atoms with E-state index in [1.54, 1.807) is 14.2 Å². The maximum Gasteiger partial charge on any atom is 0.0637 e. The summed E-state index contributed by atoms with van der Waals surface area (Å²) in [7, 11) is 3.48. The summed E-state index contributed by atoms with van der Waals surface area (Å²) in [4.78, 5) is 2.35. The molecule has 2 N–H and O–H groups in total. The van der Waals surface area contributed by atoms with E-state index in [1.807, 2.05) is 0 Å². The zero-order chi connectivity index (χ0) is 14.8. The molecular weight excluding hydrogens is 252 g/mol. The van der Waals surface area contributed by atoms with Crippen LogP contribution in [0.3, 0.4) is 0 Å². The molecular formula is C16H28N2O2. The van der Waals surface area contributed by atoms with Gasteiger partial charge in [0.25, 0.3) is 0 Å². The molecule has 0 amide bonds. The van der Waals surface area contributed by atoms with E-state index in [0.29, 0.717) is 6.54 Å². The Morgan fingerprint density at radius 3 is 2.45 bits per heavy atom. The van der Waals surface area contributed by atoms with Crippen molar-refractivity contribution in [3.05, 3.63) is 29.3 Å². The highest BCUT2D eigenvalue weighted by Crippen LogP contribution is 2.20. The molecule has 0 saturated heterocycles. The van der Waals surface area contributed by atoms with Gasteiger partial charge < -0.3 is 20.1 Å². The summed E-state index contributed by atoms with van der Waals surface area (Å²) in [6, 6.07) is 6.61. The van der Waals surface area contributed by atoms with Gasteiger partial charge in [-0.15, -0.1) is 0 Å². The van der Waals surface area contributed by atoms with Crippen LogP contribution in [0.1, 0.15) is 17.5 Å². The molecule has 1 aromatic carbocycles. The van der Waals surface area contributed by atoms with Crippen molar-refractivity contribution in [2.75, 3.05) is 52.0 Å². The normalized spacial score (nSPS) is 10.8. The molecule has 0 spiro atoms. The summed E-state index contributed by atoms with van der Waals surface area (Å²) in [6.07, 6.45) is 1.96. The van der Waals surface area contributed by atoms with Crippen LogP contribution in [0.25, 0.3) is 0 Å². The minimum atomic E-state index is 0.696. The van der Waals surface area contributed by atoms with Crippen molar-refractivity contribution in [3.63, 3.8) is 0 Å². The van der Waals surface area contributed by atoms with Crippen molar-refractivity contribution in [3.8, 4) is 0 Å². The molecule has 1 rings (SSSR count). The molecule has 0 atom stereocenters. The molecule has 0 unspecified atom stereocenters. The van der Waals surface area contributed by atoms with Crippen LogP contribution in [-0.2, 0) is 15.9 Å². The van der Waals surface area contributed by atoms with Crippen molar-refractivity contribution in [2.45, 2.75) is 19.8 Å². The summed E-state index contributed by atoms with van der Waals surface area (Å²) in [5.41, 5.74) is 9.52. The second-order valence-corrected chi connectivity index (χ2v) is 4.98. The van der Waals surface area contributed by atoms with Crippen LogP contribution in [0.5, 0.6) is 0 Å². The van der Waals surface area contributed by atoms with E-state index in [0.717, 1.165) is 39.1 Å². The first-order valence-electron chi connectivity index (χ1n) is 7.25. The van der Waals surface area contributed by atoms with Gasteiger partial charge in [-0.3, -0.25) is 0 Å². The van der Waals surface area contributed by atoms with Crippen molar-refractivity contribution in [1.82, 2.24) is 0 Å². The number of rotatable bonds is 10. The Balaban J connectivity index is 2.75. The number of methoxy groups -OCH3 is 2. The summed E-state index contributed by atoms with van der Waals surface area (Å²) in [5, 5.41) is 0. The lowest BCUT2D eigenvalue weighted by Gasteiger charge is -2.25. The fourth-order valence-corrected chi connectivity index (χ4v) is 2.28. The van der Waals surface area contributed by atoms with Gasteiger partial charge in [-0.25, -0.2) is 0 Å². The summed E-state index contributed by atoms with van der Waals surface area (Å²) in [5.74, 6) is 0. The lowest BCUT2D eigenvalue weighted by atomic mass is 10.0. The zero-order valence-electron chi connectivity index (χ0n) is 13.0. The summed E-state index contributed by atoms with van der Waals surface area (Å²) in [6.45, 7) is 6.24. The van der Waals surface area contributed by atoms with Crippen molar-refractivity contribution >= 4 is 5.69 Å². The van der Waals surface area contributed by atoms with Crippen molar-refractivity contribution in [2.24, 2.45) is 5.73 Å². The molecule has 1 aromatic rings. The van der Waals surface area contributed by atoms with Crippen molar-refractivity contribution < 1.29 is 9.47 Å². The third-order valence-corrected chi connectivity index (χ3v) is 3.45. The highest BCUT2D eigenvalue weighted by atomic mass is 16.5. The van der Waals surface area contributed by atoms with Gasteiger partial charge in [-0.05, 0) is 49.6 Å². The molecule has 4 nitrogen and oxygen atoms in total. The molecule has 0 bridgehead atoms. The zero-order valence-corrected chi connectivity index (χ0v) is 13.0. The largest absolute Gasteiger partial charge is 0.385 e. The van der Waals surface area contributed by atoms with Gasteiger partial charge in [-0.2, -0.15) is 0 Å². The minimum absolute atomic E-state index is 0.696. The van der Waals surface area contributed by atoms with Crippen LogP contribution in [0.2, 0.25) is 0 Å². The number of nitrogens with two attached hydrogens (primary N) is 1. The third-order valence-electron chi connectivity index (χ3n) is 3.45. The predicted molar refractivity (Wildman–Crippen MR) is 84.5 cm³/mol. The molecule has 20 heavy (non-hydrogen) atoms. The van der Waals surface area contributed by atoms with Crippen LogP contribution >= 0.6 is 0 Å². The standard InChI is InChI=1S/C16H28N2O2/c1-14-13-16(6-5-15(14)7-8-17)18(10-12-20-3)9-4-11-19-2/h5-6,13H,4,7-12,17H2,1-3H3. The first-order chi connectivity index (χ1) is 9.72. The number of aryl methyl sites for hydroxylation is 1. The Bertz CT molecular complexity index is 383. The molecule has 0 saturated carbocycles. The first kappa shape index (κ1) is 17.0. The van der Waals surface area contributed by atoms with E-state index in [9.17, 15) is 0 Å². The fourth-order valence-electron chi connectivity index (χ4n) is 2.28. The number of ether oxygens (including phenoxy) is 2. The van der Waals surface area contributed by atoms with Crippen LogP contribution < -0.4 is 10.6 Å². The highest BCUT2D eigenvalue weighted by Gasteiger charge is 2.08. The Hall–Kier alpha value is -1.10. The topological polar surface area (TPSA) is 47.7 Å². The Morgan fingerprint density at radius 2 is 1.85 bits per heavy atom. The quantitative estimate of drug-likeness (QED) is 0.666. The smallest absolute Gasteiger partial charge is 0.0637 e. The fraction of sp³-hybridized carbons (Fsp3) is 0.625. The van der Waals surface area contributed by atoms with E-state index in [2.05, 4.69) is 30.0 Å². The van der Waals surface area contributed by atoms with Gasteiger partial charge in [0.15, 0.2) is 0 Å². The Labute approximate surface area is 122 Å². The summed E-state index contributed by atoms with van der Waals surface area (Å²) < 4.78 is 10.3. The van der Waals surface area contributed by atoms with Crippen LogP contribution in [0.15, 0.2) is 18.2 Å².